The zero-order chi connectivity index (χ0) is 10.6. The van der Waals surface area contributed by atoms with Gasteiger partial charge in [-0.15, -0.1) is 0 Å². The van der Waals surface area contributed by atoms with Gasteiger partial charge < -0.3 is 0 Å². The van der Waals surface area contributed by atoms with Crippen molar-refractivity contribution < 1.29 is 0 Å². The van der Waals surface area contributed by atoms with Crippen molar-refractivity contribution >= 4 is 0 Å². The Labute approximate surface area is 80.8 Å². The summed E-state index contributed by atoms with van der Waals surface area (Å²) < 4.78 is 0. The van der Waals surface area contributed by atoms with Crippen LogP contribution in [0.25, 0.3) is 0 Å². The second-order valence-corrected chi connectivity index (χ2v) is 2.87. The summed E-state index contributed by atoms with van der Waals surface area (Å²) in [4.78, 5) is 0. The lowest BCUT2D eigenvalue weighted by molar-refractivity contribution is 0.286. The molecule has 0 N–H and O–H groups in total. The Bertz CT molecular complexity index is 42.8. The van der Waals surface area contributed by atoms with E-state index in [4.69, 9.17) is 0 Å². The van der Waals surface area contributed by atoms with Crippen molar-refractivity contribution in [1.29, 1.82) is 0 Å². The van der Waals surface area contributed by atoms with Crippen LogP contribution in [-0.2, 0) is 0 Å². The molecule has 0 radical (unpaired) electrons. The maximum absolute atomic E-state index is 2.35. The van der Waals surface area contributed by atoms with Crippen molar-refractivity contribution in [2.24, 2.45) is 5.41 Å². The van der Waals surface area contributed by atoms with Gasteiger partial charge in [-0.3, -0.25) is 0 Å². The van der Waals surface area contributed by atoms with E-state index in [1.54, 1.807) is 0 Å². The summed E-state index contributed by atoms with van der Waals surface area (Å²) in [5, 5.41) is 0. The van der Waals surface area contributed by atoms with E-state index in [1.807, 2.05) is 27.7 Å². The zero-order valence-corrected chi connectivity index (χ0v) is 10.6. The highest BCUT2D eigenvalue weighted by Gasteiger charge is 2.15. The van der Waals surface area contributed by atoms with Crippen molar-refractivity contribution in [2.75, 3.05) is 0 Å². The van der Waals surface area contributed by atoms with Crippen molar-refractivity contribution in [1.82, 2.24) is 0 Å². The summed E-state index contributed by atoms with van der Waals surface area (Å²) in [5.74, 6) is 0. The van der Waals surface area contributed by atoms with Gasteiger partial charge in [-0.1, -0.05) is 74.7 Å². The Morgan fingerprint density at radius 1 is 0.667 bits per heavy atom. The Kier molecular flexibility index (Phi) is 20.3. The largest absolute Gasteiger partial charge is 0.0683 e. The molecule has 0 nitrogen and oxygen atoms in total. The highest BCUT2D eigenvalue weighted by atomic mass is 14.2. The summed E-state index contributed by atoms with van der Waals surface area (Å²) in [6, 6.07) is 0. The number of rotatable bonds is 3. The predicted octanol–water partition coefficient (Wildman–Crippen LogP) is 5.28. The minimum Gasteiger partial charge on any atom is -0.0683 e. The van der Waals surface area contributed by atoms with Gasteiger partial charge in [0.25, 0.3) is 0 Å². The zero-order valence-electron chi connectivity index (χ0n) is 10.6. The third kappa shape index (κ3) is 10.0. The molecule has 0 aliphatic rings. The van der Waals surface area contributed by atoms with Gasteiger partial charge in [0.15, 0.2) is 0 Å². The van der Waals surface area contributed by atoms with Crippen LogP contribution in [0, 0.1) is 5.41 Å². The van der Waals surface area contributed by atoms with Gasteiger partial charge in [0.1, 0.15) is 0 Å². The third-order valence-corrected chi connectivity index (χ3v) is 2.56. The maximum atomic E-state index is 2.35. The van der Waals surface area contributed by atoms with Crippen molar-refractivity contribution in [2.45, 2.75) is 74.7 Å². The molecule has 0 bridgehead atoms. The molecular weight excluding hydrogens is 144 g/mol. The SMILES string of the molecule is CC.CC.CCC(C)(CC)CC. The molecule has 0 aromatic carbocycles. The van der Waals surface area contributed by atoms with E-state index in [2.05, 4.69) is 27.7 Å². The van der Waals surface area contributed by atoms with E-state index < -0.39 is 0 Å². The fraction of sp³-hybridized carbons (Fsp3) is 1.00. The van der Waals surface area contributed by atoms with Crippen LogP contribution in [0.4, 0.5) is 0 Å². The lowest BCUT2D eigenvalue weighted by atomic mass is 9.82. The molecule has 0 unspecified atom stereocenters. The van der Waals surface area contributed by atoms with E-state index in [9.17, 15) is 0 Å². The predicted molar refractivity (Wildman–Crippen MR) is 61.7 cm³/mol. The maximum Gasteiger partial charge on any atom is -0.0334 e. The summed E-state index contributed by atoms with van der Waals surface area (Å²) in [7, 11) is 0. The first-order chi connectivity index (χ1) is 5.68. The minimum absolute atomic E-state index is 0.625. The van der Waals surface area contributed by atoms with Gasteiger partial charge in [-0.2, -0.15) is 0 Å². The average Bonchev–Trinajstić information content (AvgIpc) is 2.22. The van der Waals surface area contributed by atoms with Crippen molar-refractivity contribution in [3.63, 3.8) is 0 Å². The first kappa shape index (κ1) is 17.9. The Balaban J connectivity index is -0.000000175. The van der Waals surface area contributed by atoms with Gasteiger partial charge in [0.2, 0.25) is 0 Å². The first-order valence-corrected chi connectivity index (χ1v) is 5.68. The van der Waals surface area contributed by atoms with E-state index in [0.717, 1.165) is 0 Å². The molecule has 0 amide bonds. The lowest BCUT2D eigenvalue weighted by Crippen LogP contribution is -2.10. The quantitative estimate of drug-likeness (QED) is 0.546. The summed E-state index contributed by atoms with van der Waals surface area (Å²) in [5.41, 5.74) is 0.625. The second-order valence-electron chi connectivity index (χ2n) is 2.87. The average molecular weight is 174 g/mol. The molecule has 0 saturated heterocycles. The van der Waals surface area contributed by atoms with Crippen molar-refractivity contribution in [3.05, 3.63) is 0 Å². The van der Waals surface area contributed by atoms with Crippen LogP contribution in [0.2, 0.25) is 0 Å². The molecule has 0 aliphatic carbocycles. The van der Waals surface area contributed by atoms with Crippen LogP contribution < -0.4 is 0 Å². The third-order valence-electron chi connectivity index (χ3n) is 2.56. The molecule has 0 saturated carbocycles. The summed E-state index contributed by atoms with van der Waals surface area (Å²) in [6.45, 7) is 17.2. The van der Waals surface area contributed by atoms with Gasteiger partial charge in [0.05, 0.1) is 0 Å². The van der Waals surface area contributed by atoms with E-state index in [0.29, 0.717) is 5.41 Å². The summed E-state index contributed by atoms with van der Waals surface area (Å²) >= 11 is 0. The van der Waals surface area contributed by atoms with E-state index >= 15 is 0 Å². The molecular formula is C12H30. The fourth-order valence-corrected chi connectivity index (χ4v) is 0.750. The molecule has 0 spiro atoms. The van der Waals surface area contributed by atoms with Crippen LogP contribution in [0.3, 0.4) is 0 Å². The monoisotopic (exact) mass is 174 g/mol. The van der Waals surface area contributed by atoms with Crippen LogP contribution in [0.1, 0.15) is 74.7 Å². The van der Waals surface area contributed by atoms with Crippen LogP contribution >= 0.6 is 0 Å². The molecule has 0 atom stereocenters. The number of hydrogen-bond acceptors (Lipinski definition) is 0. The Morgan fingerprint density at radius 2 is 0.833 bits per heavy atom. The molecule has 0 heteroatoms. The normalized spacial score (nSPS) is 9.00. The highest BCUT2D eigenvalue weighted by molar-refractivity contribution is 4.67. The molecule has 0 heterocycles. The smallest absolute Gasteiger partial charge is 0.0334 e. The van der Waals surface area contributed by atoms with Gasteiger partial charge >= 0.3 is 0 Å². The topological polar surface area (TPSA) is 0 Å². The molecule has 0 aromatic heterocycles. The van der Waals surface area contributed by atoms with Gasteiger partial charge in [0, 0.05) is 0 Å². The minimum atomic E-state index is 0.625. The summed E-state index contributed by atoms with van der Waals surface area (Å²) in [6.07, 6.45) is 3.96. The van der Waals surface area contributed by atoms with Crippen LogP contribution in [0.5, 0.6) is 0 Å². The number of hydrogen-bond donors (Lipinski definition) is 0. The molecule has 78 valence electrons. The fourth-order valence-electron chi connectivity index (χ4n) is 0.750. The Hall–Kier alpha value is 0. The van der Waals surface area contributed by atoms with E-state index in [-0.39, 0.29) is 0 Å². The van der Waals surface area contributed by atoms with Gasteiger partial charge in [-0.25, -0.2) is 0 Å². The standard InChI is InChI=1S/C8H18.2C2H6/c1-5-8(4,6-2)7-3;2*1-2/h5-7H2,1-4H3;2*1-2H3. The van der Waals surface area contributed by atoms with Crippen LogP contribution in [-0.4, -0.2) is 0 Å². The molecule has 0 aliphatic heterocycles. The molecule has 0 aromatic rings. The van der Waals surface area contributed by atoms with Crippen LogP contribution in [0.15, 0.2) is 0 Å². The molecule has 0 fully saturated rings. The second kappa shape index (κ2) is 13.6. The van der Waals surface area contributed by atoms with Crippen molar-refractivity contribution in [3.8, 4) is 0 Å². The highest BCUT2D eigenvalue weighted by Crippen LogP contribution is 2.28. The first-order valence-electron chi connectivity index (χ1n) is 5.68. The van der Waals surface area contributed by atoms with E-state index in [1.165, 1.54) is 19.3 Å². The lowest BCUT2D eigenvalue weighted by Gasteiger charge is -2.23. The molecule has 12 heavy (non-hydrogen) atoms. The Morgan fingerprint density at radius 3 is 0.833 bits per heavy atom. The molecule has 0 rings (SSSR count). The van der Waals surface area contributed by atoms with Gasteiger partial charge in [-0.05, 0) is 5.41 Å².